The molecule has 0 aliphatic rings. The summed E-state index contributed by atoms with van der Waals surface area (Å²) in [5, 5.41) is 0. The summed E-state index contributed by atoms with van der Waals surface area (Å²) in [5.74, 6) is -0.265. The number of carbonyl (C=O) groups is 1. The predicted octanol–water partition coefficient (Wildman–Crippen LogP) is 5.23. The number of hydrogen-bond donors (Lipinski definition) is 0. The summed E-state index contributed by atoms with van der Waals surface area (Å²) in [6.07, 6.45) is 12.5. The van der Waals surface area contributed by atoms with Crippen LogP contribution in [0.15, 0.2) is 18.2 Å². The van der Waals surface area contributed by atoms with E-state index in [1.807, 2.05) is 13.0 Å². The van der Waals surface area contributed by atoms with Crippen LogP contribution in [0, 0.1) is 0 Å². The zero-order valence-corrected chi connectivity index (χ0v) is 13.5. The summed E-state index contributed by atoms with van der Waals surface area (Å²) in [7, 11) is 0. The Morgan fingerprint density at radius 2 is 1.90 bits per heavy atom. The van der Waals surface area contributed by atoms with E-state index in [1.54, 1.807) is 11.3 Å². The van der Waals surface area contributed by atoms with Crippen LogP contribution in [0.2, 0.25) is 0 Å². The number of thiophene rings is 1. The fourth-order valence-electron chi connectivity index (χ4n) is 2.04. The van der Waals surface area contributed by atoms with E-state index in [1.165, 1.54) is 49.5 Å². The normalized spacial score (nSPS) is 11.1. The smallest absolute Gasteiger partial charge is 0.330 e. The third-order valence-electron chi connectivity index (χ3n) is 3.13. The Kier molecular flexibility index (Phi) is 9.05. The Morgan fingerprint density at radius 3 is 2.65 bits per heavy atom. The molecule has 0 unspecified atom stereocenters. The second-order valence-corrected chi connectivity index (χ2v) is 6.11. The predicted molar refractivity (Wildman–Crippen MR) is 87.1 cm³/mol. The minimum atomic E-state index is -0.265. The zero-order valence-electron chi connectivity index (χ0n) is 12.7. The fraction of sp³-hybridized carbons (Fsp3) is 0.588. The van der Waals surface area contributed by atoms with E-state index in [9.17, 15) is 4.79 Å². The van der Waals surface area contributed by atoms with Crippen LogP contribution < -0.4 is 0 Å². The summed E-state index contributed by atoms with van der Waals surface area (Å²) >= 11 is 1.77. The number of carbonyl (C=O) groups excluding carboxylic acids is 1. The van der Waals surface area contributed by atoms with E-state index >= 15 is 0 Å². The van der Waals surface area contributed by atoms with Crippen molar-refractivity contribution >= 4 is 23.4 Å². The molecule has 0 aliphatic heterocycles. The second-order valence-electron chi connectivity index (χ2n) is 4.91. The molecule has 0 aliphatic carbocycles. The molecule has 1 aromatic rings. The highest BCUT2D eigenvalue weighted by Gasteiger charge is 1.99. The molecule has 0 amide bonds. The van der Waals surface area contributed by atoms with Gasteiger partial charge in [0.1, 0.15) is 0 Å². The number of hydrogen-bond acceptors (Lipinski definition) is 3. The lowest BCUT2D eigenvalue weighted by Crippen LogP contribution is -1.98. The monoisotopic (exact) mass is 294 g/mol. The van der Waals surface area contributed by atoms with Crippen molar-refractivity contribution in [1.29, 1.82) is 0 Å². The van der Waals surface area contributed by atoms with Crippen molar-refractivity contribution in [3.05, 3.63) is 28.0 Å². The van der Waals surface area contributed by atoms with Crippen LogP contribution >= 0.6 is 11.3 Å². The first-order valence-corrected chi connectivity index (χ1v) is 8.51. The molecule has 0 saturated carbocycles. The molecule has 0 fully saturated rings. The van der Waals surface area contributed by atoms with Gasteiger partial charge in [0.15, 0.2) is 0 Å². The van der Waals surface area contributed by atoms with Gasteiger partial charge in [-0.3, -0.25) is 0 Å². The van der Waals surface area contributed by atoms with Gasteiger partial charge in [-0.2, -0.15) is 0 Å². The van der Waals surface area contributed by atoms with E-state index in [0.717, 1.165) is 11.3 Å². The number of esters is 1. The topological polar surface area (TPSA) is 26.3 Å². The van der Waals surface area contributed by atoms with Crippen molar-refractivity contribution < 1.29 is 9.53 Å². The Bertz CT molecular complexity index is 407. The molecule has 20 heavy (non-hydrogen) atoms. The van der Waals surface area contributed by atoms with Crippen LogP contribution in [0.3, 0.4) is 0 Å². The van der Waals surface area contributed by atoms with Crippen molar-refractivity contribution in [3.8, 4) is 0 Å². The Morgan fingerprint density at radius 1 is 1.15 bits per heavy atom. The van der Waals surface area contributed by atoms with E-state index in [-0.39, 0.29) is 5.97 Å². The van der Waals surface area contributed by atoms with Gasteiger partial charge in [-0.25, -0.2) is 4.79 Å². The molecule has 0 aromatic carbocycles. The van der Waals surface area contributed by atoms with Gasteiger partial charge >= 0.3 is 5.97 Å². The number of ether oxygens (including phenoxy) is 1. The summed E-state index contributed by atoms with van der Waals surface area (Å²) in [6.45, 7) is 4.49. The van der Waals surface area contributed by atoms with Gasteiger partial charge in [0.25, 0.3) is 0 Å². The summed E-state index contributed by atoms with van der Waals surface area (Å²) in [5.41, 5.74) is 0. The molecule has 0 bridgehead atoms. The highest BCUT2D eigenvalue weighted by molar-refractivity contribution is 7.12. The van der Waals surface area contributed by atoms with Crippen LogP contribution in [0.25, 0.3) is 6.08 Å². The fourth-order valence-corrected chi connectivity index (χ4v) is 3.00. The average Bonchev–Trinajstić information content (AvgIpc) is 2.89. The standard InChI is InChI=1S/C17H26O2S/c1-3-5-6-7-8-9-10-15-11-12-16(20-15)13-14-17(18)19-4-2/h11-14H,3-10H2,1-2H3/b14-13+. The van der Waals surface area contributed by atoms with Gasteiger partial charge in [0.2, 0.25) is 0 Å². The first kappa shape index (κ1) is 17.0. The third-order valence-corrected chi connectivity index (χ3v) is 4.24. The van der Waals surface area contributed by atoms with Crippen LogP contribution in [-0.4, -0.2) is 12.6 Å². The maximum absolute atomic E-state index is 11.2. The highest BCUT2D eigenvalue weighted by atomic mass is 32.1. The minimum Gasteiger partial charge on any atom is -0.463 e. The van der Waals surface area contributed by atoms with E-state index in [4.69, 9.17) is 4.74 Å². The van der Waals surface area contributed by atoms with Crippen molar-refractivity contribution in [1.82, 2.24) is 0 Å². The minimum absolute atomic E-state index is 0.265. The van der Waals surface area contributed by atoms with Crippen LogP contribution in [0.4, 0.5) is 0 Å². The Hall–Kier alpha value is -1.09. The largest absolute Gasteiger partial charge is 0.463 e. The molecule has 0 saturated heterocycles. The molecule has 1 aromatic heterocycles. The van der Waals surface area contributed by atoms with Crippen molar-refractivity contribution in [2.45, 2.75) is 58.8 Å². The summed E-state index contributed by atoms with van der Waals surface area (Å²) < 4.78 is 4.86. The van der Waals surface area contributed by atoms with Crippen molar-refractivity contribution in [3.63, 3.8) is 0 Å². The van der Waals surface area contributed by atoms with Gasteiger partial charge < -0.3 is 4.74 Å². The van der Waals surface area contributed by atoms with Crippen molar-refractivity contribution in [2.75, 3.05) is 6.61 Å². The Balaban J connectivity index is 2.24. The average molecular weight is 294 g/mol. The molecule has 1 rings (SSSR count). The molecule has 0 spiro atoms. The van der Waals surface area contributed by atoms with Gasteiger partial charge in [-0.15, -0.1) is 11.3 Å². The van der Waals surface area contributed by atoms with Crippen LogP contribution in [0.5, 0.6) is 0 Å². The SMILES string of the molecule is CCCCCCCCc1ccc(/C=C/C(=O)OCC)s1. The van der Waals surface area contributed by atoms with E-state index in [2.05, 4.69) is 19.1 Å². The zero-order chi connectivity index (χ0) is 14.6. The van der Waals surface area contributed by atoms with Gasteiger partial charge in [0.05, 0.1) is 6.61 Å². The number of unbranched alkanes of at least 4 members (excludes halogenated alkanes) is 5. The lowest BCUT2D eigenvalue weighted by atomic mass is 10.1. The molecular weight excluding hydrogens is 268 g/mol. The molecule has 2 nitrogen and oxygen atoms in total. The third kappa shape index (κ3) is 7.49. The molecule has 3 heteroatoms. The lowest BCUT2D eigenvalue weighted by Gasteiger charge is -1.99. The van der Waals surface area contributed by atoms with E-state index < -0.39 is 0 Å². The summed E-state index contributed by atoms with van der Waals surface area (Å²) in [6, 6.07) is 4.24. The maximum atomic E-state index is 11.2. The maximum Gasteiger partial charge on any atom is 0.330 e. The second kappa shape index (κ2) is 10.7. The first-order valence-electron chi connectivity index (χ1n) is 7.69. The molecule has 112 valence electrons. The quantitative estimate of drug-likeness (QED) is 0.335. The van der Waals surface area contributed by atoms with Gasteiger partial charge in [0, 0.05) is 15.8 Å². The van der Waals surface area contributed by atoms with Gasteiger partial charge in [-0.1, -0.05) is 39.0 Å². The molecule has 0 N–H and O–H groups in total. The molecule has 0 radical (unpaired) electrons. The van der Waals surface area contributed by atoms with Crippen molar-refractivity contribution in [2.24, 2.45) is 0 Å². The molecule has 1 heterocycles. The van der Waals surface area contributed by atoms with E-state index in [0.29, 0.717) is 6.61 Å². The summed E-state index contributed by atoms with van der Waals surface area (Å²) in [4.78, 5) is 13.7. The number of rotatable bonds is 10. The lowest BCUT2D eigenvalue weighted by molar-refractivity contribution is -0.137. The Labute approximate surface area is 126 Å². The van der Waals surface area contributed by atoms with Gasteiger partial charge in [-0.05, 0) is 38.0 Å². The molecule has 0 atom stereocenters. The highest BCUT2D eigenvalue weighted by Crippen LogP contribution is 2.20. The number of aryl methyl sites for hydroxylation is 1. The molecular formula is C17H26O2S. The van der Waals surface area contributed by atoms with Crippen LogP contribution in [0.1, 0.15) is 62.1 Å². The first-order chi connectivity index (χ1) is 9.76. The van der Waals surface area contributed by atoms with Crippen LogP contribution in [-0.2, 0) is 16.0 Å².